The second kappa shape index (κ2) is 4.61. The van der Waals surface area contributed by atoms with Crippen molar-refractivity contribution in [1.29, 1.82) is 0 Å². The van der Waals surface area contributed by atoms with E-state index in [1.165, 1.54) is 18.2 Å². The Balaban J connectivity index is 2.49. The lowest BCUT2D eigenvalue weighted by Gasteiger charge is -2.32. The molecule has 0 amide bonds. The maximum Gasteiger partial charge on any atom is 0.459 e. The molecular formula is C13H14F4S. The quantitative estimate of drug-likeness (QED) is 0.613. The van der Waals surface area contributed by atoms with Gasteiger partial charge in [-0.1, -0.05) is 31.5 Å². The lowest BCUT2D eigenvalue weighted by molar-refractivity contribution is -0.0413. The van der Waals surface area contributed by atoms with Gasteiger partial charge < -0.3 is 0 Å². The summed E-state index contributed by atoms with van der Waals surface area (Å²) >= 11 is 0. The van der Waals surface area contributed by atoms with Crippen LogP contribution in [0.25, 0.3) is 6.08 Å². The molecule has 5 heteroatoms. The smallest absolute Gasteiger partial charge is 0.172 e. The molecule has 1 aromatic rings. The van der Waals surface area contributed by atoms with Crippen LogP contribution >= 0.6 is 10.4 Å². The summed E-state index contributed by atoms with van der Waals surface area (Å²) in [7, 11) is -4.33. The average Bonchev–Trinajstić information content (AvgIpc) is 2.61. The fraction of sp³-hybridized carbons (Fsp3) is 0.385. The van der Waals surface area contributed by atoms with Crippen LogP contribution in [0.1, 0.15) is 31.7 Å². The summed E-state index contributed by atoms with van der Waals surface area (Å²) in [5.41, 5.74) is -4.45. The third kappa shape index (κ3) is 1.94. The molecule has 0 nitrogen and oxygen atoms in total. The standard InChI is InChI=1S/C13H14F4S/c1-2-3-7-11-9-10-6-4-5-8-12(10)18(11,17)13(14,15)16/h4-6,8-9H,2-3,7H2,1H3. The van der Waals surface area contributed by atoms with Crippen LogP contribution in [0.5, 0.6) is 0 Å². The average molecular weight is 278 g/mol. The van der Waals surface area contributed by atoms with Crippen molar-refractivity contribution in [1.82, 2.24) is 0 Å². The number of hydrogen-bond donors (Lipinski definition) is 0. The van der Waals surface area contributed by atoms with Crippen molar-refractivity contribution in [2.24, 2.45) is 0 Å². The monoisotopic (exact) mass is 278 g/mol. The molecule has 100 valence electrons. The van der Waals surface area contributed by atoms with Crippen LogP contribution in [-0.4, -0.2) is 5.51 Å². The van der Waals surface area contributed by atoms with Gasteiger partial charge in [0.1, 0.15) is 0 Å². The fourth-order valence-corrected chi connectivity index (χ4v) is 4.35. The van der Waals surface area contributed by atoms with E-state index in [0.717, 1.165) is 6.42 Å². The van der Waals surface area contributed by atoms with Crippen LogP contribution < -0.4 is 0 Å². The Bertz CT molecular complexity index is 478. The molecule has 0 fully saturated rings. The van der Waals surface area contributed by atoms with E-state index in [4.69, 9.17) is 0 Å². The van der Waals surface area contributed by atoms with Gasteiger partial charge in [-0.05, 0) is 30.5 Å². The van der Waals surface area contributed by atoms with Crippen molar-refractivity contribution in [3.05, 3.63) is 34.7 Å². The lowest BCUT2D eigenvalue weighted by Crippen LogP contribution is -2.17. The first-order chi connectivity index (χ1) is 8.41. The van der Waals surface area contributed by atoms with Gasteiger partial charge in [-0.3, -0.25) is 0 Å². The molecule has 1 unspecified atom stereocenters. The topological polar surface area (TPSA) is 0 Å². The van der Waals surface area contributed by atoms with Gasteiger partial charge in [0.15, 0.2) is 0 Å². The molecular weight excluding hydrogens is 264 g/mol. The van der Waals surface area contributed by atoms with Gasteiger partial charge in [0.25, 0.3) is 0 Å². The molecule has 0 aliphatic carbocycles. The highest BCUT2D eigenvalue weighted by Gasteiger charge is 2.57. The molecule has 0 spiro atoms. The molecule has 0 N–H and O–H groups in total. The summed E-state index contributed by atoms with van der Waals surface area (Å²) in [6.45, 7) is 1.88. The van der Waals surface area contributed by atoms with Crippen LogP contribution in [0.4, 0.5) is 17.1 Å². The number of fused-ring (bicyclic) bond motifs is 1. The van der Waals surface area contributed by atoms with Crippen molar-refractivity contribution < 1.29 is 17.1 Å². The van der Waals surface area contributed by atoms with Gasteiger partial charge in [0.05, 0.1) is 10.4 Å². The van der Waals surface area contributed by atoms with Crippen molar-refractivity contribution >= 4 is 16.5 Å². The number of halogens is 4. The minimum atomic E-state index is -4.82. The predicted molar refractivity (Wildman–Crippen MR) is 67.0 cm³/mol. The summed E-state index contributed by atoms with van der Waals surface area (Å²) in [6.07, 6.45) is 2.89. The van der Waals surface area contributed by atoms with E-state index in [0.29, 0.717) is 12.0 Å². The second-order valence-corrected chi connectivity index (χ2v) is 6.74. The van der Waals surface area contributed by atoms with Crippen LogP contribution in [0, 0.1) is 0 Å². The third-order valence-corrected chi connectivity index (χ3v) is 5.66. The zero-order chi connectivity index (χ0) is 13.4. The number of benzene rings is 1. The highest BCUT2D eigenvalue weighted by atomic mass is 32.3. The molecule has 1 aromatic carbocycles. The zero-order valence-electron chi connectivity index (χ0n) is 9.93. The number of alkyl halides is 3. The number of rotatable bonds is 3. The third-order valence-electron chi connectivity index (χ3n) is 3.00. The first-order valence-corrected chi connectivity index (χ1v) is 7.33. The number of unbranched alkanes of at least 4 members (excludes halogenated alkanes) is 1. The van der Waals surface area contributed by atoms with Crippen molar-refractivity contribution in [3.8, 4) is 0 Å². The Morgan fingerprint density at radius 1 is 1.17 bits per heavy atom. The molecule has 1 heterocycles. The van der Waals surface area contributed by atoms with Gasteiger partial charge in [0, 0.05) is 9.80 Å². The molecule has 0 saturated heterocycles. The summed E-state index contributed by atoms with van der Waals surface area (Å²) in [5, 5.41) is 0. The van der Waals surface area contributed by atoms with E-state index in [-0.39, 0.29) is 16.2 Å². The molecule has 1 aliphatic rings. The predicted octanol–water partition coefficient (Wildman–Crippen LogP) is 5.80. The van der Waals surface area contributed by atoms with Crippen LogP contribution in [0.2, 0.25) is 0 Å². The van der Waals surface area contributed by atoms with E-state index in [1.54, 1.807) is 12.1 Å². The summed E-state index contributed by atoms with van der Waals surface area (Å²) in [5.74, 6) is 0. The Labute approximate surface area is 105 Å². The molecule has 1 atom stereocenters. The first-order valence-electron chi connectivity index (χ1n) is 5.80. The van der Waals surface area contributed by atoms with E-state index in [9.17, 15) is 17.1 Å². The van der Waals surface area contributed by atoms with E-state index in [2.05, 4.69) is 0 Å². The minimum Gasteiger partial charge on any atom is -0.172 e. The number of hydrogen-bond acceptors (Lipinski definition) is 0. The van der Waals surface area contributed by atoms with E-state index < -0.39 is 15.9 Å². The highest BCUT2D eigenvalue weighted by Crippen LogP contribution is 2.78. The molecule has 0 bridgehead atoms. The van der Waals surface area contributed by atoms with Gasteiger partial charge in [0.2, 0.25) is 0 Å². The van der Waals surface area contributed by atoms with E-state index in [1.807, 2.05) is 6.92 Å². The second-order valence-electron chi connectivity index (χ2n) is 4.24. The number of allylic oxidation sites excluding steroid dienone is 1. The summed E-state index contributed by atoms with van der Waals surface area (Å²) < 4.78 is 54.1. The SMILES string of the molecule is CCCCC1=Cc2ccccc2S1(F)C(F)(F)F. The molecule has 2 rings (SSSR count). The van der Waals surface area contributed by atoms with Gasteiger partial charge in [-0.15, -0.1) is 0 Å². The molecule has 0 radical (unpaired) electrons. The Morgan fingerprint density at radius 3 is 2.44 bits per heavy atom. The maximum atomic E-state index is 14.7. The highest BCUT2D eigenvalue weighted by molar-refractivity contribution is 8.33. The largest absolute Gasteiger partial charge is 0.459 e. The van der Waals surface area contributed by atoms with Crippen molar-refractivity contribution in [2.45, 2.75) is 36.6 Å². The Hall–Kier alpha value is -0.970. The maximum absolute atomic E-state index is 14.7. The lowest BCUT2D eigenvalue weighted by atomic mass is 10.2. The summed E-state index contributed by atoms with van der Waals surface area (Å²) in [6, 6.07) is 5.89. The summed E-state index contributed by atoms with van der Waals surface area (Å²) in [4.78, 5) is -0.276. The van der Waals surface area contributed by atoms with Crippen LogP contribution in [0.3, 0.4) is 0 Å². The van der Waals surface area contributed by atoms with Crippen LogP contribution in [0.15, 0.2) is 34.1 Å². The zero-order valence-corrected chi connectivity index (χ0v) is 10.7. The normalized spacial score (nSPS) is 26.4. The van der Waals surface area contributed by atoms with Crippen molar-refractivity contribution in [3.63, 3.8) is 0 Å². The van der Waals surface area contributed by atoms with E-state index >= 15 is 0 Å². The molecule has 0 aromatic heterocycles. The first kappa shape index (κ1) is 13.5. The van der Waals surface area contributed by atoms with Gasteiger partial charge in [-0.2, -0.15) is 17.1 Å². The van der Waals surface area contributed by atoms with Gasteiger partial charge in [-0.25, -0.2) is 0 Å². The molecule has 18 heavy (non-hydrogen) atoms. The molecule has 1 aliphatic heterocycles. The molecule has 0 saturated carbocycles. The van der Waals surface area contributed by atoms with Crippen molar-refractivity contribution in [2.75, 3.05) is 0 Å². The Morgan fingerprint density at radius 2 is 1.83 bits per heavy atom. The minimum absolute atomic E-state index is 0.0851. The Kier molecular flexibility index (Phi) is 3.45. The van der Waals surface area contributed by atoms with Crippen LogP contribution in [-0.2, 0) is 0 Å². The van der Waals surface area contributed by atoms with Gasteiger partial charge >= 0.3 is 5.51 Å². The fourth-order valence-electron chi connectivity index (χ4n) is 2.09.